The van der Waals surface area contributed by atoms with Gasteiger partial charge in [-0.2, -0.15) is 0 Å². The Labute approximate surface area is 111 Å². The van der Waals surface area contributed by atoms with E-state index in [9.17, 15) is 4.39 Å². The van der Waals surface area contributed by atoms with Crippen molar-refractivity contribution in [3.63, 3.8) is 0 Å². The summed E-state index contributed by atoms with van der Waals surface area (Å²) in [5, 5.41) is 3.33. The van der Waals surface area contributed by atoms with Crippen molar-refractivity contribution in [3.05, 3.63) is 53.6 Å². The zero-order chi connectivity index (χ0) is 13.2. The predicted octanol–water partition coefficient (Wildman–Crippen LogP) is 3.33. The lowest BCUT2D eigenvalue weighted by atomic mass is 10.2. The van der Waals surface area contributed by atoms with E-state index in [1.807, 2.05) is 12.1 Å². The minimum atomic E-state index is -0.355. The van der Waals surface area contributed by atoms with E-state index in [0.29, 0.717) is 0 Å². The van der Waals surface area contributed by atoms with E-state index in [1.165, 1.54) is 18.7 Å². The fraction of sp³-hybridized carbons (Fsp3) is 0.267. The Morgan fingerprint density at radius 1 is 1.37 bits per heavy atom. The Morgan fingerprint density at radius 2 is 2.26 bits per heavy atom. The molecule has 98 valence electrons. The molecule has 1 aromatic carbocycles. The molecule has 4 heteroatoms. The Morgan fingerprint density at radius 3 is 3.05 bits per heavy atom. The van der Waals surface area contributed by atoms with Crippen molar-refractivity contribution in [2.45, 2.75) is 18.9 Å². The standard InChI is InChI=1S/C15H15FN2O/c1-19-14-7-5-11(9-12(14)16)18-13-6-4-10-3-2-8-17-15(10)13/h2-3,5,7-9,13,18H,4,6H2,1H3. The van der Waals surface area contributed by atoms with Crippen LogP contribution < -0.4 is 10.1 Å². The maximum Gasteiger partial charge on any atom is 0.167 e. The van der Waals surface area contributed by atoms with Gasteiger partial charge in [-0.1, -0.05) is 6.07 Å². The molecule has 2 aromatic rings. The molecule has 1 aromatic heterocycles. The van der Waals surface area contributed by atoms with Crippen LogP contribution in [0.4, 0.5) is 10.1 Å². The summed E-state index contributed by atoms with van der Waals surface area (Å²) in [4.78, 5) is 4.41. The molecule has 0 aliphatic heterocycles. The predicted molar refractivity (Wildman–Crippen MR) is 71.9 cm³/mol. The van der Waals surface area contributed by atoms with E-state index >= 15 is 0 Å². The summed E-state index contributed by atoms with van der Waals surface area (Å²) in [6.07, 6.45) is 3.80. The van der Waals surface area contributed by atoms with Crippen LogP contribution in [-0.4, -0.2) is 12.1 Å². The van der Waals surface area contributed by atoms with Crippen LogP contribution in [0, 0.1) is 5.82 Å². The van der Waals surface area contributed by atoms with Gasteiger partial charge >= 0.3 is 0 Å². The highest BCUT2D eigenvalue weighted by atomic mass is 19.1. The van der Waals surface area contributed by atoms with Gasteiger partial charge in [0.05, 0.1) is 18.8 Å². The Kier molecular flexibility index (Phi) is 3.07. The second-order valence-corrected chi connectivity index (χ2v) is 4.63. The van der Waals surface area contributed by atoms with Crippen LogP contribution in [0.3, 0.4) is 0 Å². The third-order valence-electron chi connectivity index (χ3n) is 3.45. The summed E-state index contributed by atoms with van der Waals surface area (Å²) in [7, 11) is 1.46. The molecule has 0 saturated heterocycles. The van der Waals surface area contributed by atoms with E-state index in [4.69, 9.17) is 4.74 Å². The van der Waals surface area contributed by atoms with Gasteiger partial charge in [-0.15, -0.1) is 0 Å². The highest BCUT2D eigenvalue weighted by Gasteiger charge is 2.23. The highest BCUT2D eigenvalue weighted by Crippen LogP contribution is 2.32. The van der Waals surface area contributed by atoms with Crippen molar-refractivity contribution in [1.29, 1.82) is 0 Å². The average Bonchev–Trinajstić information content (AvgIpc) is 2.83. The van der Waals surface area contributed by atoms with Crippen LogP contribution >= 0.6 is 0 Å². The third-order valence-corrected chi connectivity index (χ3v) is 3.45. The van der Waals surface area contributed by atoms with Gasteiger partial charge in [0.2, 0.25) is 0 Å². The normalized spacial score (nSPS) is 17.1. The lowest BCUT2D eigenvalue weighted by Crippen LogP contribution is -2.08. The number of benzene rings is 1. The molecule has 0 saturated carbocycles. The number of pyridine rings is 1. The summed E-state index contributed by atoms with van der Waals surface area (Å²) in [5.41, 5.74) is 3.09. The minimum absolute atomic E-state index is 0.156. The number of aromatic nitrogens is 1. The first kappa shape index (κ1) is 12.0. The van der Waals surface area contributed by atoms with Crippen molar-refractivity contribution in [2.75, 3.05) is 12.4 Å². The molecular formula is C15H15FN2O. The number of halogens is 1. The van der Waals surface area contributed by atoms with Gasteiger partial charge in [0, 0.05) is 18.0 Å². The zero-order valence-corrected chi connectivity index (χ0v) is 10.7. The SMILES string of the molecule is COc1ccc(NC2CCc3cccnc32)cc1F. The molecular weight excluding hydrogens is 243 g/mol. The van der Waals surface area contributed by atoms with Crippen LogP contribution in [-0.2, 0) is 6.42 Å². The fourth-order valence-corrected chi connectivity index (χ4v) is 2.51. The molecule has 19 heavy (non-hydrogen) atoms. The number of ether oxygens (including phenoxy) is 1. The highest BCUT2D eigenvalue weighted by molar-refractivity contribution is 5.50. The second kappa shape index (κ2) is 4.88. The van der Waals surface area contributed by atoms with Crippen LogP contribution in [0.1, 0.15) is 23.7 Å². The van der Waals surface area contributed by atoms with Gasteiger partial charge < -0.3 is 10.1 Å². The lowest BCUT2D eigenvalue weighted by molar-refractivity contribution is 0.386. The summed E-state index contributed by atoms with van der Waals surface area (Å²) in [6.45, 7) is 0. The summed E-state index contributed by atoms with van der Waals surface area (Å²) < 4.78 is 18.6. The topological polar surface area (TPSA) is 34.1 Å². The Hall–Kier alpha value is -2.10. The minimum Gasteiger partial charge on any atom is -0.494 e. The van der Waals surface area contributed by atoms with Crippen LogP contribution in [0.2, 0.25) is 0 Å². The number of hydrogen-bond donors (Lipinski definition) is 1. The molecule has 0 amide bonds. The number of nitrogens with one attached hydrogen (secondary N) is 1. The molecule has 1 aliphatic carbocycles. The van der Waals surface area contributed by atoms with Gasteiger partial charge in [-0.05, 0) is 36.6 Å². The number of anilines is 1. The van der Waals surface area contributed by atoms with Crippen molar-refractivity contribution >= 4 is 5.69 Å². The summed E-state index contributed by atoms with van der Waals surface area (Å²) in [6, 6.07) is 9.12. The van der Waals surface area contributed by atoms with Crippen molar-refractivity contribution < 1.29 is 9.13 Å². The van der Waals surface area contributed by atoms with Crippen LogP contribution in [0.15, 0.2) is 36.5 Å². The second-order valence-electron chi connectivity index (χ2n) is 4.63. The molecule has 1 unspecified atom stereocenters. The molecule has 1 atom stereocenters. The smallest absolute Gasteiger partial charge is 0.167 e. The quantitative estimate of drug-likeness (QED) is 0.917. The number of rotatable bonds is 3. The molecule has 1 aliphatic rings. The van der Waals surface area contributed by atoms with Crippen LogP contribution in [0.25, 0.3) is 0 Å². The van der Waals surface area contributed by atoms with E-state index < -0.39 is 0 Å². The van der Waals surface area contributed by atoms with Crippen LogP contribution in [0.5, 0.6) is 5.75 Å². The zero-order valence-electron chi connectivity index (χ0n) is 10.7. The van der Waals surface area contributed by atoms with Gasteiger partial charge in [0.25, 0.3) is 0 Å². The molecule has 3 nitrogen and oxygen atoms in total. The maximum absolute atomic E-state index is 13.6. The van der Waals surface area contributed by atoms with Gasteiger partial charge in [-0.25, -0.2) is 4.39 Å². The molecule has 1 heterocycles. The first-order chi connectivity index (χ1) is 9.28. The van der Waals surface area contributed by atoms with Gasteiger partial charge in [0.1, 0.15) is 0 Å². The largest absolute Gasteiger partial charge is 0.494 e. The van der Waals surface area contributed by atoms with Crippen molar-refractivity contribution in [1.82, 2.24) is 4.98 Å². The Bertz CT molecular complexity index is 600. The van der Waals surface area contributed by atoms with E-state index in [-0.39, 0.29) is 17.6 Å². The molecule has 3 rings (SSSR count). The lowest BCUT2D eigenvalue weighted by Gasteiger charge is -2.15. The average molecular weight is 258 g/mol. The fourth-order valence-electron chi connectivity index (χ4n) is 2.51. The number of methoxy groups -OCH3 is 1. The maximum atomic E-state index is 13.6. The van der Waals surface area contributed by atoms with E-state index in [2.05, 4.69) is 16.4 Å². The monoisotopic (exact) mass is 258 g/mol. The first-order valence-corrected chi connectivity index (χ1v) is 6.32. The molecule has 1 N–H and O–H groups in total. The summed E-state index contributed by atoms with van der Waals surface area (Å²) >= 11 is 0. The van der Waals surface area contributed by atoms with Gasteiger partial charge in [0.15, 0.2) is 11.6 Å². The third kappa shape index (κ3) is 2.26. The molecule has 0 radical (unpaired) electrons. The first-order valence-electron chi connectivity index (χ1n) is 6.32. The molecule has 0 spiro atoms. The number of hydrogen-bond acceptors (Lipinski definition) is 3. The number of aryl methyl sites for hydroxylation is 1. The summed E-state index contributed by atoms with van der Waals surface area (Å²) in [5.74, 6) is -0.0951. The van der Waals surface area contributed by atoms with E-state index in [0.717, 1.165) is 24.2 Å². The van der Waals surface area contributed by atoms with Gasteiger partial charge in [-0.3, -0.25) is 4.98 Å². The van der Waals surface area contributed by atoms with Crippen molar-refractivity contribution in [2.24, 2.45) is 0 Å². The van der Waals surface area contributed by atoms with Crippen molar-refractivity contribution in [3.8, 4) is 5.75 Å². The number of fused-ring (bicyclic) bond motifs is 1. The number of nitrogens with zero attached hydrogens (tertiary/aromatic N) is 1. The van der Waals surface area contributed by atoms with E-state index in [1.54, 1.807) is 12.3 Å². The molecule has 0 bridgehead atoms. The Balaban J connectivity index is 1.81. The molecule has 0 fully saturated rings.